The Morgan fingerprint density at radius 2 is 2.11 bits per heavy atom. The number of aromatic hydroxyl groups is 1. The Morgan fingerprint density at radius 3 is 2.86 bits per heavy atom. The number of phenolic OH excluding ortho intramolecular Hbond substituents is 1. The molecule has 6 nitrogen and oxygen atoms in total. The summed E-state index contributed by atoms with van der Waals surface area (Å²) in [5.74, 6) is 0.433. The molecule has 28 heavy (non-hydrogen) atoms. The number of benzene rings is 2. The summed E-state index contributed by atoms with van der Waals surface area (Å²) in [6, 6.07) is 12.4. The third-order valence-corrected chi connectivity index (χ3v) is 5.10. The molecular formula is C21H20ClN3O3. The number of amides is 1. The Balaban J connectivity index is 1.66. The van der Waals surface area contributed by atoms with Gasteiger partial charge in [-0.15, -0.1) is 0 Å². The van der Waals surface area contributed by atoms with Gasteiger partial charge < -0.3 is 14.7 Å². The van der Waals surface area contributed by atoms with Crippen molar-refractivity contribution in [2.75, 3.05) is 13.2 Å². The molecule has 7 heteroatoms. The molecule has 0 radical (unpaired) electrons. The normalized spacial score (nSPS) is 14.7. The second-order valence-corrected chi connectivity index (χ2v) is 7.20. The molecule has 1 aliphatic rings. The van der Waals surface area contributed by atoms with Crippen LogP contribution in [0.5, 0.6) is 11.5 Å². The third-order valence-electron chi connectivity index (χ3n) is 4.86. The summed E-state index contributed by atoms with van der Waals surface area (Å²) in [7, 11) is 0. The summed E-state index contributed by atoms with van der Waals surface area (Å²) in [6.07, 6.45) is 3.42. The van der Waals surface area contributed by atoms with Gasteiger partial charge in [0.15, 0.2) is 11.5 Å². The average Bonchev–Trinajstić information content (AvgIpc) is 3.13. The summed E-state index contributed by atoms with van der Waals surface area (Å²) in [5.41, 5.74) is 2.46. The van der Waals surface area contributed by atoms with Crippen molar-refractivity contribution >= 4 is 17.5 Å². The summed E-state index contributed by atoms with van der Waals surface area (Å²) in [5, 5.41) is 15.3. The lowest BCUT2D eigenvalue weighted by Gasteiger charge is -2.24. The van der Waals surface area contributed by atoms with E-state index >= 15 is 0 Å². The van der Waals surface area contributed by atoms with Gasteiger partial charge in [-0.2, -0.15) is 5.10 Å². The number of fused-ring (bicyclic) bond motifs is 1. The van der Waals surface area contributed by atoms with Gasteiger partial charge in [-0.3, -0.25) is 9.48 Å². The molecule has 1 aliphatic heterocycles. The van der Waals surface area contributed by atoms with Crippen LogP contribution in [-0.2, 0) is 11.3 Å². The minimum atomic E-state index is -0.416. The van der Waals surface area contributed by atoms with E-state index < -0.39 is 6.04 Å². The van der Waals surface area contributed by atoms with Crippen LogP contribution in [0.25, 0.3) is 11.1 Å². The highest BCUT2D eigenvalue weighted by atomic mass is 35.5. The van der Waals surface area contributed by atoms with Gasteiger partial charge in [0.2, 0.25) is 5.91 Å². The molecule has 1 aromatic heterocycles. The largest absolute Gasteiger partial charge is 0.504 e. The molecule has 2 aromatic carbocycles. The van der Waals surface area contributed by atoms with E-state index in [0.717, 1.165) is 16.7 Å². The van der Waals surface area contributed by atoms with Crippen LogP contribution in [0.3, 0.4) is 0 Å². The minimum Gasteiger partial charge on any atom is -0.504 e. The zero-order chi connectivity index (χ0) is 19.7. The van der Waals surface area contributed by atoms with Crippen LogP contribution in [0.15, 0.2) is 54.9 Å². The summed E-state index contributed by atoms with van der Waals surface area (Å²) >= 11 is 6.10. The van der Waals surface area contributed by atoms with Crippen molar-refractivity contribution in [1.82, 2.24) is 14.7 Å². The molecule has 0 bridgehead atoms. The van der Waals surface area contributed by atoms with Crippen molar-refractivity contribution < 1.29 is 14.6 Å². The topological polar surface area (TPSA) is 67.6 Å². The molecule has 144 valence electrons. The molecule has 1 N–H and O–H groups in total. The molecule has 0 saturated heterocycles. The zero-order valence-electron chi connectivity index (χ0n) is 15.4. The Morgan fingerprint density at radius 1 is 1.25 bits per heavy atom. The maximum Gasteiger partial charge on any atom is 0.247 e. The number of carbonyl (C=O) groups excluding carboxylic acids is 1. The standard InChI is InChI=1S/C21H20ClN3O3/c1-14(25-7-3-6-23-25)21(27)24-8-9-28-20-17(13-24)10-16(12-19(20)26)15-4-2-5-18(22)11-15/h2-7,10-12,14,26H,8-9,13H2,1H3. The van der Waals surface area contributed by atoms with E-state index in [9.17, 15) is 9.90 Å². The van der Waals surface area contributed by atoms with E-state index in [1.807, 2.05) is 31.2 Å². The van der Waals surface area contributed by atoms with Gasteiger partial charge in [0.05, 0.1) is 6.54 Å². The number of nitrogens with zero attached hydrogens (tertiary/aromatic N) is 3. The quantitative estimate of drug-likeness (QED) is 0.728. The van der Waals surface area contributed by atoms with Crippen molar-refractivity contribution in [2.24, 2.45) is 0 Å². The molecule has 3 aromatic rings. The van der Waals surface area contributed by atoms with E-state index in [1.165, 1.54) is 0 Å². The lowest BCUT2D eigenvalue weighted by atomic mass is 10.0. The monoisotopic (exact) mass is 397 g/mol. The maximum absolute atomic E-state index is 13.0. The van der Waals surface area contributed by atoms with E-state index in [2.05, 4.69) is 5.10 Å². The second-order valence-electron chi connectivity index (χ2n) is 6.76. The second kappa shape index (κ2) is 7.56. The van der Waals surface area contributed by atoms with Crippen molar-refractivity contribution in [3.8, 4) is 22.6 Å². The SMILES string of the molecule is CC(C(=O)N1CCOc2c(O)cc(-c3cccc(Cl)c3)cc2C1)n1cccn1. The van der Waals surface area contributed by atoms with Gasteiger partial charge in [0.25, 0.3) is 0 Å². The maximum atomic E-state index is 13.0. The number of ether oxygens (including phenoxy) is 1. The Hall–Kier alpha value is -2.99. The van der Waals surface area contributed by atoms with Crippen molar-refractivity contribution in [1.29, 1.82) is 0 Å². The van der Waals surface area contributed by atoms with Gasteiger partial charge in [0.1, 0.15) is 12.6 Å². The lowest BCUT2D eigenvalue weighted by molar-refractivity contribution is -0.135. The fraction of sp³-hybridized carbons (Fsp3) is 0.238. The molecule has 1 unspecified atom stereocenters. The highest BCUT2D eigenvalue weighted by Gasteiger charge is 2.27. The van der Waals surface area contributed by atoms with E-state index in [1.54, 1.807) is 40.2 Å². The van der Waals surface area contributed by atoms with E-state index in [-0.39, 0.29) is 11.7 Å². The van der Waals surface area contributed by atoms with Gasteiger partial charge in [0, 0.05) is 29.5 Å². The number of halogens is 1. The van der Waals surface area contributed by atoms with Gasteiger partial charge >= 0.3 is 0 Å². The molecular weight excluding hydrogens is 378 g/mol. The number of hydrogen-bond acceptors (Lipinski definition) is 4. The molecule has 1 atom stereocenters. The van der Waals surface area contributed by atoms with Crippen molar-refractivity contribution in [3.05, 3.63) is 65.4 Å². The Bertz CT molecular complexity index is 1000. The van der Waals surface area contributed by atoms with Gasteiger partial charge in [-0.25, -0.2) is 0 Å². The first-order valence-electron chi connectivity index (χ1n) is 9.05. The fourth-order valence-corrected chi connectivity index (χ4v) is 3.60. The van der Waals surface area contributed by atoms with Crippen molar-refractivity contribution in [2.45, 2.75) is 19.5 Å². The smallest absolute Gasteiger partial charge is 0.247 e. The van der Waals surface area contributed by atoms with E-state index in [0.29, 0.717) is 30.5 Å². The van der Waals surface area contributed by atoms with Crippen molar-refractivity contribution in [3.63, 3.8) is 0 Å². The average molecular weight is 398 g/mol. The Kier molecular flexibility index (Phi) is 4.96. The summed E-state index contributed by atoms with van der Waals surface area (Å²) in [6.45, 7) is 2.92. The fourth-order valence-electron chi connectivity index (χ4n) is 3.41. The molecule has 0 spiro atoms. The Labute approximate surface area is 167 Å². The van der Waals surface area contributed by atoms with Crippen LogP contribution in [-0.4, -0.2) is 38.8 Å². The number of phenols is 1. The lowest BCUT2D eigenvalue weighted by Crippen LogP contribution is -2.37. The summed E-state index contributed by atoms with van der Waals surface area (Å²) < 4.78 is 7.39. The van der Waals surface area contributed by atoms with Crippen LogP contribution < -0.4 is 4.74 Å². The zero-order valence-corrected chi connectivity index (χ0v) is 16.1. The molecule has 2 heterocycles. The number of hydrogen-bond donors (Lipinski definition) is 1. The predicted octanol–water partition coefficient (Wildman–Crippen LogP) is 3.89. The molecule has 1 amide bonds. The van der Waals surface area contributed by atoms with E-state index in [4.69, 9.17) is 16.3 Å². The van der Waals surface area contributed by atoms with Crippen LogP contribution >= 0.6 is 11.6 Å². The van der Waals surface area contributed by atoms with Crippen LogP contribution in [0.2, 0.25) is 5.02 Å². The molecule has 0 aliphatic carbocycles. The first kappa shape index (κ1) is 18.4. The summed E-state index contributed by atoms with van der Waals surface area (Å²) in [4.78, 5) is 14.7. The first-order chi connectivity index (χ1) is 13.5. The highest BCUT2D eigenvalue weighted by Crippen LogP contribution is 2.38. The van der Waals surface area contributed by atoms with Gasteiger partial charge in [-0.05, 0) is 48.4 Å². The number of rotatable bonds is 3. The highest BCUT2D eigenvalue weighted by molar-refractivity contribution is 6.30. The van der Waals surface area contributed by atoms with Gasteiger partial charge in [-0.1, -0.05) is 23.7 Å². The van der Waals surface area contributed by atoms with Crippen LogP contribution in [0.1, 0.15) is 18.5 Å². The third kappa shape index (κ3) is 3.55. The molecule has 4 rings (SSSR count). The van der Waals surface area contributed by atoms with Crippen LogP contribution in [0, 0.1) is 0 Å². The van der Waals surface area contributed by atoms with Crippen LogP contribution in [0.4, 0.5) is 0 Å². The first-order valence-corrected chi connectivity index (χ1v) is 9.43. The number of carbonyl (C=O) groups is 1. The minimum absolute atomic E-state index is 0.0483. The molecule has 0 fully saturated rings. The number of aromatic nitrogens is 2. The molecule has 0 saturated carbocycles. The predicted molar refractivity (Wildman–Crippen MR) is 106 cm³/mol.